The first-order chi connectivity index (χ1) is 10.5. The number of Topliss-reactive ketones (excluding diaryl/α,β-unsaturated/α-hetero) is 2. The van der Waals surface area contributed by atoms with Crippen molar-refractivity contribution < 1.29 is 32.7 Å². The lowest BCUT2D eigenvalue weighted by molar-refractivity contribution is -0.142. The highest BCUT2D eigenvalue weighted by Gasteiger charge is 2.36. The smallest absolute Gasteiger partial charge is 0.337 e. The van der Waals surface area contributed by atoms with Gasteiger partial charge in [-0.2, -0.15) is 10.1 Å². The molecule has 0 saturated heterocycles. The fraction of sp³-hybridized carbons (Fsp3) is 0.0833. The van der Waals surface area contributed by atoms with E-state index >= 15 is 0 Å². The molecule has 0 aliphatic carbocycles. The van der Waals surface area contributed by atoms with Crippen molar-refractivity contribution >= 4 is 44.9 Å². The molecule has 0 unspecified atom stereocenters. The normalized spacial score (nSPS) is 15.7. The van der Waals surface area contributed by atoms with Crippen molar-refractivity contribution in [3.8, 4) is 0 Å². The second-order valence-electron chi connectivity index (χ2n) is 4.49. The molecule has 2 rings (SSSR count). The predicted molar refractivity (Wildman–Crippen MR) is 75.4 cm³/mol. The highest BCUT2D eigenvalue weighted by Crippen LogP contribution is 2.24. The Bertz CT molecular complexity index is 901. The summed E-state index contributed by atoms with van der Waals surface area (Å²) in [5.41, 5.74) is -1.10. The van der Waals surface area contributed by atoms with Crippen molar-refractivity contribution in [2.24, 2.45) is 10.2 Å². The fourth-order valence-electron chi connectivity index (χ4n) is 1.83. The van der Waals surface area contributed by atoms with Crippen LogP contribution in [0.4, 0.5) is 5.69 Å². The van der Waals surface area contributed by atoms with Gasteiger partial charge in [0.15, 0.2) is 0 Å². The number of aromatic carboxylic acids is 1. The molecule has 0 fully saturated rings. The van der Waals surface area contributed by atoms with Gasteiger partial charge in [-0.15, -0.1) is 0 Å². The van der Waals surface area contributed by atoms with Gasteiger partial charge in [-0.05, 0) is 25.1 Å². The van der Waals surface area contributed by atoms with Crippen molar-refractivity contribution in [3.05, 3.63) is 23.8 Å². The number of hydrogen-bond donors (Lipinski definition) is 2. The number of hydrazone groups is 1. The summed E-state index contributed by atoms with van der Waals surface area (Å²) in [6.45, 7) is 1.20. The number of hydrogen-bond acceptors (Lipinski definition) is 7. The van der Waals surface area contributed by atoms with Gasteiger partial charge in [-0.25, -0.2) is 18.4 Å². The largest absolute Gasteiger partial charge is 0.478 e. The van der Waals surface area contributed by atoms with Crippen molar-refractivity contribution in [1.29, 1.82) is 0 Å². The van der Waals surface area contributed by atoms with E-state index in [1.165, 1.54) is 6.92 Å². The Labute approximate surface area is 129 Å². The van der Waals surface area contributed by atoms with Crippen LogP contribution >= 0.6 is 0 Å². The average Bonchev–Trinajstić information content (AvgIpc) is 2.47. The zero-order valence-corrected chi connectivity index (χ0v) is 12.3. The summed E-state index contributed by atoms with van der Waals surface area (Å²) in [5, 5.41) is 18.1. The number of nitrogens with two attached hydrogens (primary N) is 1. The number of ketones is 2. The number of nitrogens with zero attached hydrogens (tertiary/aromatic N) is 2. The third kappa shape index (κ3) is 2.86. The summed E-state index contributed by atoms with van der Waals surface area (Å²) in [7, 11) is -4.41. The Morgan fingerprint density at radius 2 is 1.83 bits per heavy atom. The van der Waals surface area contributed by atoms with Gasteiger partial charge < -0.3 is 5.11 Å². The molecule has 1 heterocycles. The molecule has 1 aliphatic rings. The zero-order chi connectivity index (χ0) is 17.5. The highest BCUT2D eigenvalue weighted by molar-refractivity contribution is 7.89. The molecule has 0 spiro atoms. The van der Waals surface area contributed by atoms with Gasteiger partial charge in [0.2, 0.25) is 10.0 Å². The van der Waals surface area contributed by atoms with Crippen LogP contribution < -0.4 is 10.1 Å². The molecule has 1 aromatic carbocycles. The molecule has 11 heteroatoms. The number of amides is 1. The van der Waals surface area contributed by atoms with Crippen LogP contribution in [0.3, 0.4) is 0 Å². The van der Waals surface area contributed by atoms with Gasteiger partial charge in [-0.3, -0.25) is 14.4 Å². The number of anilines is 1. The second-order valence-corrected chi connectivity index (χ2v) is 6.02. The van der Waals surface area contributed by atoms with Crippen LogP contribution in [-0.2, 0) is 24.4 Å². The number of benzene rings is 1. The fourth-order valence-corrected chi connectivity index (χ4v) is 2.58. The Balaban J connectivity index is 2.67. The van der Waals surface area contributed by atoms with Gasteiger partial charge in [0.05, 0.1) is 16.1 Å². The van der Waals surface area contributed by atoms with Crippen molar-refractivity contribution in [1.82, 2.24) is 0 Å². The number of sulfonamides is 1. The van der Waals surface area contributed by atoms with Gasteiger partial charge >= 0.3 is 11.9 Å². The molecule has 0 bridgehead atoms. The van der Waals surface area contributed by atoms with E-state index in [1.54, 1.807) is 0 Å². The van der Waals surface area contributed by atoms with Crippen LogP contribution in [0.25, 0.3) is 0 Å². The second kappa shape index (κ2) is 5.37. The van der Waals surface area contributed by atoms with E-state index in [2.05, 4.69) is 5.10 Å². The Morgan fingerprint density at radius 3 is 2.35 bits per heavy atom. The van der Waals surface area contributed by atoms with Crippen molar-refractivity contribution in [2.45, 2.75) is 11.8 Å². The molecule has 0 saturated carbocycles. The summed E-state index contributed by atoms with van der Waals surface area (Å²) in [6, 6.07) is 2.75. The number of carboxylic acids is 1. The van der Waals surface area contributed by atoms with E-state index in [0.29, 0.717) is 5.01 Å². The lowest BCUT2D eigenvalue weighted by Gasteiger charge is -2.21. The van der Waals surface area contributed by atoms with E-state index < -0.39 is 43.9 Å². The van der Waals surface area contributed by atoms with Crippen LogP contribution in [0.15, 0.2) is 28.2 Å². The third-order valence-electron chi connectivity index (χ3n) is 2.92. The van der Waals surface area contributed by atoms with Crippen LogP contribution in [0.2, 0.25) is 0 Å². The Hall–Kier alpha value is -2.92. The molecule has 120 valence electrons. The van der Waals surface area contributed by atoms with Gasteiger partial charge in [0.25, 0.3) is 11.6 Å². The van der Waals surface area contributed by atoms with Crippen LogP contribution in [-0.4, -0.2) is 42.7 Å². The molecule has 1 aromatic rings. The number of carboxylic acid groups (broad SMARTS) is 1. The third-order valence-corrected chi connectivity index (χ3v) is 3.87. The molecule has 0 radical (unpaired) electrons. The molecule has 0 aromatic heterocycles. The summed E-state index contributed by atoms with van der Waals surface area (Å²) in [4.78, 5) is 45.0. The van der Waals surface area contributed by atoms with Crippen molar-refractivity contribution in [3.63, 3.8) is 0 Å². The molecular weight excluding hydrogens is 330 g/mol. The number of carbonyl (C=O) groups excluding carboxylic acids is 3. The molecule has 3 N–H and O–H groups in total. The lowest BCUT2D eigenvalue weighted by Crippen LogP contribution is -2.44. The first-order valence-corrected chi connectivity index (χ1v) is 7.47. The highest BCUT2D eigenvalue weighted by atomic mass is 32.2. The van der Waals surface area contributed by atoms with Crippen LogP contribution in [0.5, 0.6) is 0 Å². The Kier molecular flexibility index (Phi) is 3.84. The maximum atomic E-state index is 11.8. The number of primary sulfonamides is 1. The van der Waals surface area contributed by atoms with Gasteiger partial charge in [-0.1, -0.05) is 0 Å². The zero-order valence-electron chi connectivity index (χ0n) is 11.5. The maximum absolute atomic E-state index is 11.8. The van der Waals surface area contributed by atoms with E-state index in [1.807, 2.05) is 0 Å². The molecule has 1 amide bonds. The monoisotopic (exact) mass is 339 g/mol. The quantitative estimate of drug-likeness (QED) is 0.659. The standard InChI is InChI=1S/C12H9N3O7S/c1-5-9(16)10(17)11(18)15(14-5)6-2-3-7(12(19)20)8(4-6)23(13,21)22/h2-4H,1H3,(H,19,20)(H2,13,21,22). The summed E-state index contributed by atoms with van der Waals surface area (Å²) in [5.74, 6) is -5.24. The van der Waals surface area contributed by atoms with Crippen LogP contribution in [0.1, 0.15) is 17.3 Å². The first-order valence-electron chi connectivity index (χ1n) is 5.92. The summed E-state index contributed by atoms with van der Waals surface area (Å²) in [6.07, 6.45) is 0. The molecule has 1 aliphatic heterocycles. The van der Waals surface area contributed by atoms with E-state index in [4.69, 9.17) is 10.2 Å². The molecule has 23 heavy (non-hydrogen) atoms. The molecule has 10 nitrogen and oxygen atoms in total. The average molecular weight is 339 g/mol. The number of carbonyl (C=O) groups is 4. The number of rotatable bonds is 3. The first kappa shape index (κ1) is 16.5. The summed E-state index contributed by atoms with van der Waals surface area (Å²) < 4.78 is 23.0. The Morgan fingerprint density at radius 1 is 1.22 bits per heavy atom. The minimum atomic E-state index is -4.41. The predicted octanol–water partition coefficient (Wildman–Crippen LogP) is -1.11. The topological polar surface area (TPSA) is 164 Å². The minimum Gasteiger partial charge on any atom is -0.478 e. The van der Waals surface area contributed by atoms with E-state index in [-0.39, 0.29) is 11.4 Å². The van der Waals surface area contributed by atoms with E-state index in [9.17, 15) is 27.6 Å². The van der Waals surface area contributed by atoms with Gasteiger partial charge in [0, 0.05) is 0 Å². The van der Waals surface area contributed by atoms with Crippen LogP contribution in [0, 0.1) is 0 Å². The lowest BCUT2D eigenvalue weighted by atomic mass is 10.1. The van der Waals surface area contributed by atoms with E-state index in [0.717, 1.165) is 18.2 Å². The minimum absolute atomic E-state index is 0.218. The summed E-state index contributed by atoms with van der Waals surface area (Å²) >= 11 is 0. The molecule has 0 atom stereocenters. The van der Waals surface area contributed by atoms with Crippen molar-refractivity contribution in [2.75, 3.05) is 5.01 Å². The SMILES string of the molecule is CC1=NN(c2ccc(C(=O)O)c(S(N)(=O)=O)c2)C(=O)C(=O)C1=O. The maximum Gasteiger partial charge on any atom is 0.337 e. The molecular formula is C12H9N3O7S. The van der Waals surface area contributed by atoms with Gasteiger partial charge in [0.1, 0.15) is 5.71 Å².